The average molecular weight is 186 g/mol. The lowest BCUT2D eigenvalue weighted by Gasteiger charge is -2.20. The molecule has 0 spiro atoms. The SMILES string of the molecule is CC1N(O)[C@H]2CCCCC[C@@H]2N1O. The number of fused-ring (bicyclic) bond motifs is 1. The lowest BCUT2D eigenvalue weighted by atomic mass is 10.1. The zero-order valence-corrected chi connectivity index (χ0v) is 8.06. The van der Waals surface area contributed by atoms with Crippen molar-refractivity contribution in [1.29, 1.82) is 0 Å². The van der Waals surface area contributed by atoms with E-state index < -0.39 is 0 Å². The summed E-state index contributed by atoms with van der Waals surface area (Å²) in [4.78, 5) is 0. The fourth-order valence-corrected chi connectivity index (χ4v) is 2.56. The van der Waals surface area contributed by atoms with E-state index >= 15 is 0 Å². The number of hydrogen-bond donors (Lipinski definition) is 2. The van der Waals surface area contributed by atoms with Gasteiger partial charge in [0, 0.05) is 0 Å². The molecule has 1 heterocycles. The van der Waals surface area contributed by atoms with Gasteiger partial charge in [-0.2, -0.15) is 10.1 Å². The Hall–Kier alpha value is -0.160. The number of rotatable bonds is 0. The van der Waals surface area contributed by atoms with Crippen molar-refractivity contribution in [2.24, 2.45) is 0 Å². The van der Waals surface area contributed by atoms with Gasteiger partial charge in [-0.1, -0.05) is 19.3 Å². The normalized spacial score (nSPS) is 39.0. The second-order valence-electron chi connectivity index (χ2n) is 4.16. The molecule has 0 radical (unpaired) electrons. The van der Waals surface area contributed by atoms with Gasteiger partial charge in [-0.15, -0.1) is 0 Å². The number of hydrogen-bond acceptors (Lipinski definition) is 4. The van der Waals surface area contributed by atoms with E-state index in [1.54, 1.807) is 0 Å². The zero-order valence-electron chi connectivity index (χ0n) is 8.06. The summed E-state index contributed by atoms with van der Waals surface area (Å²) in [6, 6.07) is 0.282. The third-order valence-electron chi connectivity index (χ3n) is 3.39. The van der Waals surface area contributed by atoms with Crippen molar-refractivity contribution in [2.75, 3.05) is 0 Å². The van der Waals surface area contributed by atoms with E-state index in [0.717, 1.165) is 12.8 Å². The van der Waals surface area contributed by atoms with Gasteiger partial charge < -0.3 is 10.4 Å². The molecule has 2 N–H and O–H groups in total. The number of nitrogens with zero attached hydrogens (tertiary/aromatic N) is 2. The first-order valence-corrected chi connectivity index (χ1v) is 5.16. The maximum atomic E-state index is 9.72. The highest BCUT2D eigenvalue weighted by atomic mass is 16.6. The Morgan fingerprint density at radius 3 is 1.85 bits per heavy atom. The third-order valence-corrected chi connectivity index (χ3v) is 3.39. The first kappa shape index (κ1) is 9.40. The monoisotopic (exact) mass is 186 g/mol. The predicted molar refractivity (Wildman–Crippen MR) is 47.4 cm³/mol. The first-order valence-electron chi connectivity index (χ1n) is 5.16. The van der Waals surface area contributed by atoms with E-state index in [0.29, 0.717) is 0 Å². The van der Waals surface area contributed by atoms with E-state index in [-0.39, 0.29) is 18.2 Å². The van der Waals surface area contributed by atoms with Crippen LogP contribution < -0.4 is 0 Å². The molecule has 0 aromatic rings. The largest absolute Gasteiger partial charge is 0.312 e. The highest BCUT2D eigenvalue weighted by molar-refractivity contribution is 4.91. The van der Waals surface area contributed by atoms with Crippen molar-refractivity contribution in [3.05, 3.63) is 0 Å². The molecule has 0 amide bonds. The third kappa shape index (κ3) is 1.48. The van der Waals surface area contributed by atoms with Crippen molar-refractivity contribution in [2.45, 2.75) is 57.3 Å². The van der Waals surface area contributed by atoms with Crippen molar-refractivity contribution < 1.29 is 10.4 Å². The topological polar surface area (TPSA) is 46.9 Å². The Bertz CT molecular complexity index is 170. The van der Waals surface area contributed by atoms with Gasteiger partial charge in [-0.3, -0.25) is 0 Å². The summed E-state index contributed by atoms with van der Waals surface area (Å²) < 4.78 is 0. The Labute approximate surface area is 78.7 Å². The molecule has 4 heteroatoms. The minimum absolute atomic E-state index is 0.141. The van der Waals surface area contributed by atoms with Crippen LogP contribution in [0, 0.1) is 0 Å². The lowest BCUT2D eigenvalue weighted by Crippen LogP contribution is -2.34. The fraction of sp³-hybridized carbons (Fsp3) is 1.00. The molecule has 1 aliphatic carbocycles. The summed E-state index contributed by atoms with van der Waals surface area (Å²) in [6.45, 7) is 1.83. The van der Waals surface area contributed by atoms with Crippen LogP contribution in [0.1, 0.15) is 39.0 Å². The van der Waals surface area contributed by atoms with E-state index in [1.165, 1.54) is 29.4 Å². The van der Waals surface area contributed by atoms with Gasteiger partial charge in [0.25, 0.3) is 0 Å². The summed E-state index contributed by atoms with van der Waals surface area (Å²) in [7, 11) is 0. The predicted octanol–water partition coefficient (Wildman–Crippen LogP) is 1.43. The van der Waals surface area contributed by atoms with Crippen molar-refractivity contribution in [3.8, 4) is 0 Å². The Morgan fingerprint density at radius 2 is 1.38 bits per heavy atom. The van der Waals surface area contributed by atoms with Crippen LogP contribution in [0.25, 0.3) is 0 Å². The molecule has 0 bridgehead atoms. The van der Waals surface area contributed by atoms with Crippen LogP contribution >= 0.6 is 0 Å². The quantitative estimate of drug-likeness (QED) is 0.601. The van der Waals surface area contributed by atoms with Crippen LogP contribution in [0.2, 0.25) is 0 Å². The van der Waals surface area contributed by atoms with E-state index in [2.05, 4.69) is 0 Å². The maximum Gasteiger partial charge on any atom is 0.108 e. The van der Waals surface area contributed by atoms with Gasteiger partial charge in [0.2, 0.25) is 0 Å². The van der Waals surface area contributed by atoms with E-state index in [9.17, 15) is 10.4 Å². The summed E-state index contributed by atoms with van der Waals surface area (Å²) in [5.74, 6) is 0. The van der Waals surface area contributed by atoms with Crippen LogP contribution in [0.15, 0.2) is 0 Å². The summed E-state index contributed by atoms with van der Waals surface area (Å²) in [6.07, 6.45) is 5.32. The summed E-state index contributed by atoms with van der Waals surface area (Å²) in [5, 5.41) is 22.1. The Morgan fingerprint density at radius 1 is 0.923 bits per heavy atom. The molecular weight excluding hydrogens is 168 g/mol. The van der Waals surface area contributed by atoms with Crippen LogP contribution in [-0.2, 0) is 0 Å². The van der Waals surface area contributed by atoms with Crippen LogP contribution in [0.5, 0.6) is 0 Å². The second-order valence-corrected chi connectivity index (χ2v) is 4.16. The lowest BCUT2D eigenvalue weighted by molar-refractivity contribution is -0.202. The molecule has 13 heavy (non-hydrogen) atoms. The molecule has 0 aromatic carbocycles. The minimum atomic E-state index is -0.243. The molecule has 2 rings (SSSR count). The molecule has 1 saturated heterocycles. The Kier molecular flexibility index (Phi) is 2.55. The molecular formula is C9H18N2O2. The molecule has 0 aromatic heterocycles. The van der Waals surface area contributed by atoms with Gasteiger partial charge in [0.1, 0.15) is 6.17 Å². The van der Waals surface area contributed by atoms with Gasteiger partial charge in [-0.05, 0) is 19.8 Å². The molecule has 2 fully saturated rings. The van der Waals surface area contributed by atoms with E-state index in [1.807, 2.05) is 6.92 Å². The minimum Gasteiger partial charge on any atom is -0.312 e. The summed E-state index contributed by atoms with van der Waals surface area (Å²) >= 11 is 0. The molecule has 2 aliphatic rings. The molecule has 2 atom stereocenters. The molecule has 1 aliphatic heterocycles. The summed E-state index contributed by atoms with van der Waals surface area (Å²) in [5.41, 5.74) is 0. The second kappa shape index (κ2) is 3.53. The van der Waals surface area contributed by atoms with Gasteiger partial charge >= 0.3 is 0 Å². The van der Waals surface area contributed by atoms with Gasteiger partial charge in [0.05, 0.1) is 12.1 Å². The highest BCUT2D eigenvalue weighted by Crippen LogP contribution is 2.32. The molecule has 76 valence electrons. The highest BCUT2D eigenvalue weighted by Gasteiger charge is 2.44. The standard InChI is InChI=1S/C9H18N2O2/c1-7-10(12)8-5-3-2-4-6-9(8)11(7)13/h7-9,12-13H,2-6H2,1H3/t8-,9-/m0/s1. The first-order chi connectivity index (χ1) is 6.22. The molecule has 1 saturated carbocycles. The van der Waals surface area contributed by atoms with Crippen molar-refractivity contribution >= 4 is 0 Å². The van der Waals surface area contributed by atoms with Gasteiger partial charge in [-0.25, -0.2) is 0 Å². The fourth-order valence-electron chi connectivity index (χ4n) is 2.56. The van der Waals surface area contributed by atoms with Crippen LogP contribution in [0.4, 0.5) is 0 Å². The van der Waals surface area contributed by atoms with Crippen LogP contribution in [-0.4, -0.2) is 38.8 Å². The van der Waals surface area contributed by atoms with E-state index in [4.69, 9.17) is 0 Å². The molecule has 0 unspecified atom stereocenters. The molecule has 4 nitrogen and oxygen atoms in total. The zero-order chi connectivity index (χ0) is 9.42. The number of hydroxylamine groups is 4. The van der Waals surface area contributed by atoms with Crippen molar-refractivity contribution in [1.82, 2.24) is 10.1 Å². The Balaban J connectivity index is 2.13. The van der Waals surface area contributed by atoms with Crippen LogP contribution in [0.3, 0.4) is 0 Å². The average Bonchev–Trinajstić information content (AvgIpc) is 2.40. The van der Waals surface area contributed by atoms with Crippen molar-refractivity contribution in [3.63, 3.8) is 0 Å². The maximum absolute atomic E-state index is 9.72. The smallest absolute Gasteiger partial charge is 0.108 e. The van der Waals surface area contributed by atoms with Gasteiger partial charge in [0.15, 0.2) is 0 Å².